The van der Waals surface area contributed by atoms with Crippen molar-refractivity contribution in [3.05, 3.63) is 108 Å². The van der Waals surface area contributed by atoms with Gasteiger partial charge in [-0.05, 0) is 50.6 Å². The molecule has 0 radical (unpaired) electrons. The third-order valence-corrected chi connectivity index (χ3v) is 7.58. The normalized spacial score (nSPS) is 20.7. The van der Waals surface area contributed by atoms with Crippen molar-refractivity contribution in [2.75, 3.05) is 16.0 Å². The highest BCUT2D eigenvalue weighted by Crippen LogP contribution is 2.48. The molecule has 3 aromatic carbocycles. The highest BCUT2D eigenvalue weighted by Gasteiger charge is 2.55. The fraction of sp³-hybridized carbons (Fsp3) is 0.241. The summed E-state index contributed by atoms with van der Waals surface area (Å²) in [5, 5.41) is 16.2. The van der Waals surface area contributed by atoms with E-state index >= 15 is 0 Å². The molecule has 1 fully saturated rings. The van der Waals surface area contributed by atoms with E-state index in [0.29, 0.717) is 27.9 Å². The van der Waals surface area contributed by atoms with E-state index in [9.17, 15) is 9.90 Å². The molecule has 0 bridgehead atoms. The van der Waals surface area contributed by atoms with Gasteiger partial charge >= 0.3 is 0 Å². The monoisotopic (exact) mass is 533 g/mol. The van der Waals surface area contributed by atoms with Crippen LogP contribution in [0.1, 0.15) is 32.4 Å². The van der Waals surface area contributed by atoms with E-state index in [1.54, 1.807) is 0 Å². The first-order valence-corrected chi connectivity index (χ1v) is 13.1. The van der Waals surface area contributed by atoms with Crippen LogP contribution >= 0.6 is 11.8 Å². The summed E-state index contributed by atoms with van der Waals surface area (Å²) in [6.45, 7) is 6.00. The minimum absolute atomic E-state index is 0. The van der Waals surface area contributed by atoms with Gasteiger partial charge in [-0.2, -0.15) is 0 Å². The summed E-state index contributed by atoms with van der Waals surface area (Å²) in [6.07, 6.45) is 0. The van der Waals surface area contributed by atoms with Crippen molar-refractivity contribution in [2.24, 2.45) is 4.99 Å². The Balaban J connectivity index is 0.00000320. The van der Waals surface area contributed by atoms with Crippen LogP contribution in [-0.2, 0) is 4.79 Å². The molecule has 2 aliphatic heterocycles. The van der Waals surface area contributed by atoms with Gasteiger partial charge in [-0.1, -0.05) is 78.5 Å². The Morgan fingerprint density at radius 3 is 2.19 bits per heavy atom. The summed E-state index contributed by atoms with van der Waals surface area (Å²) < 4.78 is 0. The summed E-state index contributed by atoms with van der Waals surface area (Å²) in [5.74, 6) is -1.24. The van der Waals surface area contributed by atoms with Gasteiger partial charge in [0.2, 0.25) is 5.85 Å². The van der Waals surface area contributed by atoms with Crippen LogP contribution in [0.5, 0.6) is 0 Å². The minimum atomic E-state index is -1.40. The van der Waals surface area contributed by atoms with Gasteiger partial charge in [0, 0.05) is 17.4 Å². The number of aliphatic imine (C=N–C) groups is 1. The second-order valence-electron chi connectivity index (χ2n) is 9.26. The van der Waals surface area contributed by atoms with Gasteiger partial charge in [0.25, 0.3) is 5.91 Å². The Bertz CT molecular complexity index is 1300. The third kappa shape index (κ3) is 4.99. The molecule has 8 heteroatoms. The molecule has 2 atom stereocenters. The maximum Gasteiger partial charge on any atom is 0.255 e. The molecule has 1 saturated heterocycles. The quantitative estimate of drug-likeness (QED) is 0.477. The molecular weight excluding hydrogens is 504 g/mol. The highest BCUT2D eigenvalue weighted by atomic mass is 35.5. The number of hydrogen-bond donors (Lipinski definition) is 2. The van der Waals surface area contributed by atoms with Gasteiger partial charge in [-0.15, -0.1) is 0 Å². The SMILES string of the molecule is CC1=C(C(=O)Nc2ccccc2)C(c2ccccc2)N2C(=N1)SCC2(O)N(c1ccccc1)C(C)C.[Cl-]. The second-order valence-corrected chi connectivity index (χ2v) is 10.2. The van der Waals surface area contributed by atoms with Crippen molar-refractivity contribution in [1.29, 1.82) is 0 Å². The van der Waals surface area contributed by atoms with Crippen molar-refractivity contribution in [3.63, 3.8) is 0 Å². The number of carbonyl (C=O) groups is 1. The highest BCUT2D eigenvalue weighted by molar-refractivity contribution is 8.14. The number of benzene rings is 3. The minimum Gasteiger partial charge on any atom is -1.00 e. The lowest BCUT2D eigenvalue weighted by Gasteiger charge is -2.50. The third-order valence-electron chi connectivity index (χ3n) is 6.50. The first kappa shape index (κ1) is 26.8. The number of amidine groups is 1. The average molecular weight is 534 g/mol. The number of thioether (sulfide) groups is 1. The van der Waals surface area contributed by atoms with Crippen LogP contribution in [0.2, 0.25) is 0 Å². The number of allylic oxidation sites excluding steroid dienone is 1. The van der Waals surface area contributed by atoms with Crippen molar-refractivity contribution in [1.82, 2.24) is 4.90 Å². The standard InChI is InChI=1S/C29H30N4O2S.ClH/c1-20(2)32(24-17-11-6-12-18-24)29(35)19-36-28-30-21(3)25(27(34)31-23-15-9-5-10-16-23)26(33(28)29)22-13-7-4-8-14-22;/h4-18,20,26,35H,19H2,1-3H3,(H,31,34);1H/p-1. The van der Waals surface area contributed by atoms with Crippen LogP contribution in [0.4, 0.5) is 11.4 Å². The molecule has 3 aromatic rings. The van der Waals surface area contributed by atoms with Gasteiger partial charge in [-0.25, -0.2) is 4.99 Å². The van der Waals surface area contributed by atoms with E-state index in [1.165, 1.54) is 11.8 Å². The number of nitrogens with zero attached hydrogens (tertiary/aromatic N) is 3. The molecular formula is C29H30ClN4O2S-. The number of hydrogen-bond acceptors (Lipinski definition) is 6. The number of fused-ring (bicyclic) bond motifs is 1. The zero-order valence-corrected chi connectivity index (χ0v) is 22.6. The fourth-order valence-electron chi connectivity index (χ4n) is 5.04. The average Bonchev–Trinajstić information content (AvgIpc) is 3.21. The molecule has 0 aliphatic carbocycles. The van der Waals surface area contributed by atoms with E-state index in [0.717, 1.165) is 11.3 Å². The van der Waals surface area contributed by atoms with E-state index in [-0.39, 0.29) is 24.4 Å². The molecule has 1 amide bonds. The topological polar surface area (TPSA) is 68.2 Å². The zero-order valence-electron chi connectivity index (χ0n) is 21.0. The number of nitrogens with one attached hydrogen (secondary N) is 1. The van der Waals surface area contributed by atoms with Crippen LogP contribution in [-0.4, -0.2) is 38.7 Å². The molecule has 2 unspecified atom stereocenters. The predicted molar refractivity (Wildman–Crippen MR) is 148 cm³/mol. The van der Waals surface area contributed by atoms with Crippen molar-refractivity contribution < 1.29 is 22.3 Å². The molecule has 0 saturated carbocycles. The molecule has 5 rings (SSSR count). The Morgan fingerprint density at radius 2 is 1.59 bits per heavy atom. The molecule has 0 spiro atoms. The van der Waals surface area contributed by atoms with E-state index in [2.05, 4.69) is 19.2 Å². The van der Waals surface area contributed by atoms with Crippen LogP contribution in [0.3, 0.4) is 0 Å². The van der Waals surface area contributed by atoms with Gasteiger partial charge < -0.3 is 27.7 Å². The molecule has 192 valence electrons. The number of para-hydroxylation sites is 2. The molecule has 37 heavy (non-hydrogen) atoms. The number of rotatable bonds is 6. The molecule has 0 aromatic heterocycles. The van der Waals surface area contributed by atoms with E-state index < -0.39 is 11.9 Å². The lowest BCUT2D eigenvalue weighted by atomic mass is 9.92. The Morgan fingerprint density at radius 1 is 1.03 bits per heavy atom. The van der Waals surface area contributed by atoms with Crippen molar-refractivity contribution in [2.45, 2.75) is 38.7 Å². The van der Waals surface area contributed by atoms with Crippen LogP contribution < -0.4 is 22.6 Å². The molecule has 2 aliphatic rings. The number of aliphatic hydroxyl groups is 1. The van der Waals surface area contributed by atoms with Gasteiger partial charge in [-0.3, -0.25) is 9.69 Å². The number of anilines is 2. The number of carbonyl (C=O) groups excluding carboxylic acids is 1. The van der Waals surface area contributed by atoms with Gasteiger partial charge in [0.05, 0.1) is 23.1 Å². The Kier molecular flexibility index (Phi) is 7.97. The molecule has 6 nitrogen and oxygen atoms in total. The summed E-state index contributed by atoms with van der Waals surface area (Å²) in [5.41, 5.74) is 3.71. The number of amides is 1. The van der Waals surface area contributed by atoms with Gasteiger partial charge in [0.1, 0.15) is 0 Å². The predicted octanol–water partition coefficient (Wildman–Crippen LogP) is 2.62. The lowest BCUT2D eigenvalue weighted by Crippen LogP contribution is -3.00. The first-order valence-electron chi connectivity index (χ1n) is 12.1. The lowest BCUT2D eigenvalue weighted by molar-refractivity contribution is -0.114. The Hall–Kier alpha value is -3.26. The number of halogens is 1. The van der Waals surface area contributed by atoms with Crippen LogP contribution in [0.25, 0.3) is 0 Å². The zero-order chi connectivity index (χ0) is 25.3. The fourth-order valence-corrected chi connectivity index (χ4v) is 6.23. The maximum absolute atomic E-state index is 13.8. The van der Waals surface area contributed by atoms with Gasteiger partial charge in [0.15, 0.2) is 5.17 Å². The smallest absolute Gasteiger partial charge is 0.255 e. The van der Waals surface area contributed by atoms with E-state index in [4.69, 9.17) is 4.99 Å². The summed E-state index contributed by atoms with van der Waals surface area (Å²) in [7, 11) is 0. The van der Waals surface area contributed by atoms with Crippen LogP contribution in [0, 0.1) is 0 Å². The molecule has 2 N–H and O–H groups in total. The summed E-state index contributed by atoms with van der Waals surface area (Å²) in [6, 6.07) is 28.7. The molecule has 2 heterocycles. The second kappa shape index (κ2) is 11.0. The maximum atomic E-state index is 13.8. The van der Waals surface area contributed by atoms with Crippen LogP contribution in [0.15, 0.2) is 107 Å². The summed E-state index contributed by atoms with van der Waals surface area (Å²) >= 11 is 1.51. The van der Waals surface area contributed by atoms with Crippen molar-refractivity contribution >= 4 is 34.2 Å². The van der Waals surface area contributed by atoms with E-state index in [1.807, 2.05) is 108 Å². The van der Waals surface area contributed by atoms with Crippen molar-refractivity contribution in [3.8, 4) is 0 Å². The largest absolute Gasteiger partial charge is 1.00 e. The first-order chi connectivity index (χ1) is 17.4. The Labute approximate surface area is 228 Å². The summed E-state index contributed by atoms with van der Waals surface area (Å²) in [4.78, 5) is 22.5.